The summed E-state index contributed by atoms with van der Waals surface area (Å²) in [4.78, 5) is 19.2. The molecule has 0 aromatic rings. The van der Waals surface area contributed by atoms with Crippen LogP contribution in [-0.4, -0.2) is 48.3 Å². The maximum absolute atomic E-state index is 9.60. The zero-order valence-corrected chi connectivity index (χ0v) is 14.1. The van der Waals surface area contributed by atoms with Crippen molar-refractivity contribution in [2.24, 2.45) is 22.9 Å². The van der Waals surface area contributed by atoms with E-state index in [1.54, 1.807) is 0 Å². The molecule has 0 atom stereocenters. The fourth-order valence-electron chi connectivity index (χ4n) is 0.428. The molecule has 1 radical (unpaired) electrons. The molecule has 8 nitrogen and oxygen atoms in total. The van der Waals surface area contributed by atoms with Crippen LogP contribution in [-0.2, 0) is 26.4 Å². The van der Waals surface area contributed by atoms with Crippen molar-refractivity contribution in [2.75, 3.05) is 26.2 Å². The first-order chi connectivity index (χ1) is 9.37. The van der Waals surface area contributed by atoms with Crippen LogP contribution in [0.25, 0.3) is 0 Å². The van der Waals surface area contributed by atoms with Crippen molar-refractivity contribution in [1.29, 1.82) is 0 Å². The minimum Gasteiger partial charge on any atom is -0.481 e. The first-order valence-corrected chi connectivity index (χ1v) is 6.61. The van der Waals surface area contributed by atoms with Crippen LogP contribution in [0.3, 0.4) is 0 Å². The predicted molar refractivity (Wildman–Crippen MR) is 81.3 cm³/mol. The summed E-state index contributed by atoms with van der Waals surface area (Å²) >= 11 is 0. The predicted octanol–water partition coefficient (Wildman–Crippen LogP) is -0.453. The average Bonchev–Trinajstić information content (AvgIpc) is 2.39. The Bertz CT molecular complexity index is 174. The van der Waals surface area contributed by atoms with Gasteiger partial charge in [-0.3, -0.25) is 9.59 Å². The molecular weight excluding hydrogens is 323 g/mol. The SMILES string of the molecule is CCCC(=O)O.CCCC(=O)O.NCCN.NCCN.[Co]. The Labute approximate surface area is 137 Å². The zero-order valence-electron chi connectivity index (χ0n) is 13.0. The van der Waals surface area contributed by atoms with Gasteiger partial charge < -0.3 is 33.1 Å². The molecule has 0 aliphatic carbocycles. The van der Waals surface area contributed by atoms with Gasteiger partial charge in [-0.2, -0.15) is 0 Å². The summed E-state index contributed by atoms with van der Waals surface area (Å²) in [5, 5.41) is 15.8. The smallest absolute Gasteiger partial charge is 0.303 e. The van der Waals surface area contributed by atoms with Crippen molar-refractivity contribution >= 4 is 11.9 Å². The summed E-state index contributed by atoms with van der Waals surface area (Å²) in [5.74, 6) is -1.42. The van der Waals surface area contributed by atoms with Crippen molar-refractivity contribution < 1.29 is 36.6 Å². The van der Waals surface area contributed by atoms with E-state index in [0.29, 0.717) is 39.0 Å². The number of aliphatic carboxylic acids is 2. The van der Waals surface area contributed by atoms with Gasteiger partial charge in [0.05, 0.1) is 0 Å². The molecule has 0 aliphatic rings. The van der Waals surface area contributed by atoms with Gasteiger partial charge in [-0.1, -0.05) is 13.8 Å². The van der Waals surface area contributed by atoms with Crippen molar-refractivity contribution in [3.05, 3.63) is 0 Å². The monoisotopic (exact) mass is 355 g/mol. The van der Waals surface area contributed by atoms with Gasteiger partial charge in [0.25, 0.3) is 0 Å². The summed E-state index contributed by atoms with van der Waals surface area (Å²) in [5.41, 5.74) is 19.6. The van der Waals surface area contributed by atoms with Gasteiger partial charge in [-0.25, -0.2) is 0 Å². The van der Waals surface area contributed by atoms with Crippen LogP contribution in [0, 0.1) is 0 Å². The molecule has 0 aromatic heterocycles. The molecule has 133 valence electrons. The molecule has 9 heteroatoms. The second-order valence-electron chi connectivity index (χ2n) is 3.44. The van der Waals surface area contributed by atoms with E-state index in [9.17, 15) is 9.59 Å². The molecule has 0 fully saturated rings. The summed E-state index contributed by atoms with van der Waals surface area (Å²) in [6, 6.07) is 0. The Morgan fingerprint density at radius 2 is 0.905 bits per heavy atom. The average molecular weight is 355 g/mol. The fraction of sp³-hybridized carbons (Fsp3) is 0.833. The molecule has 0 saturated carbocycles. The third-order valence-electron chi connectivity index (χ3n) is 1.26. The topological polar surface area (TPSA) is 179 Å². The Balaban J connectivity index is -0.0000000544. The van der Waals surface area contributed by atoms with Crippen LogP contribution in [0.4, 0.5) is 0 Å². The number of hydrogen-bond donors (Lipinski definition) is 6. The van der Waals surface area contributed by atoms with E-state index in [1.807, 2.05) is 13.8 Å². The maximum atomic E-state index is 9.60. The third kappa shape index (κ3) is 109. The Kier molecular flexibility index (Phi) is 56.2. The van der Waals surface area contributed by atoms with Crippen molar-refractivity contribution in [3.8, 4) is 0 Å². The van der Waals surface area contributed by atoms with E-state index in [1.165, 1.54) is 0 Å². The quantitative estimate of drug-likeness (QED) is 0.370. The molecule has 0 amide bonds. The molecule has 0 aromatic carbocycles. The second-order valence-corrected chi connectivity index (χ2v) is 3.44. The van der Waals surface area contributed by atoms with Crippen LogP contribution in [0.5, 0.6) is 0 Å². The molecule has 0 rings (SSSR count). The van der Waals surface area contributed by atoms with E-state index in [0.717, 1.165) is 12.8 Å². The number of carboxylic acids is 2. The first kappa shape index (κ1) is 32.3. The van der Waals surface area contributed by atoms with E-state index in [-0.39, 0.29) is 16.8 Å². The fourth-order valence-corrected chi connectivity index (χ4v) is 0.428. The molecule has 21 heavy (non-hydrogen) atoms. The minimum atomic E-state index is -0.711. The molecule has 10 N–H and O–H groups in total. The van der Waals surface area contributed by atoms with E-state index in [4.69, 9.17) is 33.1 Å². The number of nitrogens with two attached hydrogens (primary N) is 4. The van der Waals surface area contributed by atoms with Gasteiger partial charge in [-0.15, -0.1) is 0 Å². The van der Waals surface area contributed by atoms with E-state index < -0.39 is 11.9 Å². The Hall–Kier alpha value is -0.714. The summed E-state index contributed by atoms with van der Waals surface area (Å²) in [7, 11) is 0. The van der Waals surface area contributed by atoms with Crippen molar-refractivity contribution in [3.63, 3.8) is 0 Å². The molecule has 0 unspecified atom stereocenters. The van der Waals surface area contributed by atoms with Crippen LogP contribution in [0.15, 0.2) is 0 Å². The zero-order chi connectivity index (χ0) is 16.8. The Morgan fingerprint density at radius 3 is 0.905 bits per heavy atom. The molecule has 0 bridgehead atoms. The largest absolute Gasteiger partial charge is 0.481 e. The number of carbonyl (C=O) groups is 2. The standard InChI is InChI=1S/2C4H8O2.2C2H8N2.Co/c2*1-2-3-4(5)6;2*3-1-2-4;/h2*2-3H2,1H3,(H,5,6);2*1-4H2;. The van der Waals surface area contributed by atoms with Crippen LogP contribution < -0.4 is 22.9 Å². The summed E-state index contributed by atoms with van der Waals surface area (Å²) in [6.45, 7) is 6.07. The molecule has 0 heterocycles. The number of rotatable bonds is 6. The van der Waals surface area contributed by atoms with E-state index >= 15 is 0 Å². The Morgan fingerprint density at radius 1 is 0.714 bits per heavy atom. The van der Waals surface area contributed by atoms with Gasteiger partial charge in [0.2, 0.25) is 0 Å². The summed E-state index contributed by atoms with van der Waals surface area (Å²) in [6.07, 6.45) is 2.05. The third-order valence-corrected chi connectivity index (χ3v) is 1.26. The van der Waals surface area contributed by atoms with Crippen LogP contribution in [0.1, 0.15) is 39.5 Å². The molecule has 0 spiro atoms. The van der Waals surface area contributed by atoms with Gasteiger partial charge in [-0.05, 0) is 12.8 Å². The number of carboxylic acid groups (broad SMARTS) is 2. The van der Waals surface area contributed by atoms with Gasteiger partial charge in [0.1, 0.15) is 0 Å². The summed E-state index contributed by atoms with van der Waals surface area (Å²) < 4.78 is 0. The first-order valence-electron chi connectivity index (χ1n) is 6.61. The van der Waals surface area contributed by atoms with Crippen LogP contribution >= 0.6 is 0 Å². The van der Waals surface area contributed by atoms with Crippen molar-refractivity contribution in [1.82, 2.24) is 0 Å². The molecule has 0 aliphatic heterocycles. The van der Waals surface area contributed by atoms with Gasteiger partial charge in [0.15, 0.2) is 0 Å². The van der Waals surface area contributed by atoms with Crippen LogP contribution in [0.2, 0.25) is 0 Å². The normalized spacial score (nSPS) is 7.52. The van der Waals surface area contributed by atoms with Crippen molar-refractivity contribution in [2.45, 2.75) is 39.5 Å². The van der Waals surface area contributed by atoms with E-state index in [2.05, 4.69) is 0 Å². The maximum Gasteiger partial charge on any atom is 0.303 e. The second kappa shape index (κ2) is 36.5. The molecule has 0 saturated heterocycles. The number of hydrogen-bond acceptors (Lipinski definition) is 6. The molecular formula is C12H32CoN4O4. The minimum absolute atomic E-state index is 0. The van der Waals surface area contributed by atoms with Gasteiger partial charge in [0, 0.05) is 55.8 Å². The van der Waals surface area contributed by atoms with Gasteiger partial charge >= 0.3 is 11.9 Å².